The van der Waals surface area contributed by atoms with Gasteiger partial charge in [-0.2, -0.15) is 0 Å². The number of pyridine rings is 1. The number of fused-ring (bicyclic) bond motifs is 1. The molecule has 0 bridgehead atoms. The van der Waals surface area contributed by atoms with E-state index in [0.29, 0.717) is 5.92 Å². The van der Waals surface area contributed by atoms with Crippen LogP contribution >= 0.6 is 0 Å². The molecule has 3 heterocycles. The molecule has 1 aliphatic rings. The molecule has 0 aromatic carbocycles. The third kappa shape index (κ3) is 1.71. The molecule has 0 saturated carbocycles. The van der Waals surface area contributed by atoms with E-state index < -0.39 is 0 Å². The third-order valence-corrected chi connectivity index (χ3v) is 3.27. The maximum Gasteiger partial charge on any atom is 0.137 e. The number of nitrogens with zero attached hydrogens (tertiary/aromatic N) is 2. The van der Waals surface area contributed by atoms with E-state index in [1.165, 1.54) is 17.8 Å². The minimum Gasteiger partial charge on any atom is -0.381 e. The summed E-state index contributed by atoms with van der Waals surface area (Å²) >= 11 is 0. The zero-order chi connectivity index (χ0) is 11.0. The first kappa shape index (κ1) is 9.85. The molecular weight excluding hydrogens is 200 g/mol. The van der Waals surface area contributed by atoms with E-state index >= 15 is 0 Å². The monoisotopic (exact) mass is 216 g/mol. The van der Waals surface area contributed by atoms with Gasteiger partial charge < -0.3 is 9.14 Å². The SMILES string of the molecule is Cc1cccc2nc(CC3CCOC3)cn12. The van der Waals surface area contributed by atoms with Crippen LogP contribution in [0, 0.1) is 12.8 Å². The van der Waals surface area contributed by atoms with E-state index in [1.807, 2.05) is 0 Å². The lowest BCUT2D eigenvalue weighted by Crippen LogP contribution is -2.03. The molecule has 3 nitrogen and oxygen atoms in total. The Kier molecular flexibility index (Phi) is 2.40. The van der Waals surface area contributed by atoms with Gasteiger partial charge in [-0.25, -0.2) is 4.98 Å². The maximum atomic E-state index is 5.39. The smallest absolute Gasteiger partial charge is 0.137 e. The Morgan fingerprint density at radius 3 is 3.19 bits per heavy atom. The molecular formula is C13H16N2O. The molecule has 0 N–H and O–H groups in total. The normalized spacial score (nSPS) is 20.7. The average molecular weight is 216 g/mol. The van der Waals surface area contributed by atoms with Crippen molar-refractivity contribution in [2.45, 2.75) is 19.8 Å². The summed E-state index contributed by atoms with van der Waals surface area (Å²) in [5.74, 6) is 0.658. The second kappa shape index (κ2) is 3.91. The van der Waals surface area contributed by atoms with Crippen LogP contribution in [0.25, 0.3) is 5.65 Å². The molecule has 1 aliphatic heterocycles. The summed E-state index contributed by atoms with van der Waals surface area (Å²) < 4.78 is 7.55. The van der Waals surface area contributed by atoms with Crippen LogP contribution in [0.5, 0.6) is 0 Å². The van der Waals surface area contributed by atoms with Gasteiger partial charge in [-0.1, -0.05) is 6.07 Å². The first-order chi connectivity index (χ1) is 7.83. The molecule has 16 heavy (non-hydrogen) atoms. The van der Waals surface area contributed by atoms with Gasteiger partial charge in [0, 0.05) is 25.1 Å². The van der Waals surface area contributed by atoms with Crippen molar-refractivity contribution in [3.05, 3.63) is 35.8 Å². The largest absolute Gasteiger partial charge is 0.381 e. The third-order valence-electron chi connectivity index (χ3n) is 3.27. The number of aryl methyl sites for hydroxylation is 1. The zero-order valence-electron chi connectivity index (χ0n) is 9.52. The van der Waals surface area contributed by atoms with E-state index in [1.54, 1.807) is 0 Å². The van der Waals surface area contributed by atoms with Crippen molar-refractivity contribution in [2.24, 2.45) is 5.92 Å². The van der Waals surface area contributed by atoms with Crippen molar-refractivity contribution in [1.29, 1.82) is 0 Å². The van der Waals surface area contributed by atoms with Crippen LogP contribution in [0.15, 0.2) is 24.4 Å². The highest BCUT2D eigenvalue weighted by Gasteiger charge is 2.17. The van der Waals surface area contributed by atoms with Gasteiger partial charge in [-0.05, 0) is 37.8 Å². The summed E-state index contributed by atoms with van der Waals surface area (Å²) in [4.78, 5) is 4.64. The maximum absolute atomic E-state index is 5.39. The first-order valence-electron chi connectivity index (χ1n) is 5.84. The minimum atomic E-state index is 0.658. The molecule has 2 aromatic rings. The van der Waals surface area contributed by atoms with Crippen LogP contribution < -0.4 is 0 Å². The molecule has 0 spiro atoms. The fourth-order valence-corrected chi connectivity index (χ4v) is 2.34. The second-order valence-electron chi connectivity index (χ2n) is 4.56. The van der Waals surface area contributed by atoms with Crippen molar-refractivity contribution >= 4 is 5.65 Å². The summed E-state index contributed by atoms with van der Waals surface area (Å²) in [6, 6.07) is 6.22. The summed E-state index contributed by atoms with van der Waals surface area (Å²) in [5, 5.41) is 0. The number of hydrogen-bond donors (Lipinski definition) is 0. The lowest BCUT2D eigenvalue weighted by Gasteiger charge is -2.02. The molecule has 1 atom stereocenters. The highest BCUT2D eigenvalue weighted by molar-refractivity contribution is 5.41. The molecule has 3 rings (SSSR count). The van der Waals surface area contributed by atoms with Crippen molar-refractivity contribution in [3.63, 3.8) is 0 Å². The van der Waals surface area contributed by atoms with Crippen molar-refractivity contribution in [1.82, 2.24) is 9.38 Å². The molecule has 0 amide bonds. The van der Waals surface area contributed by atoms with E-state index in [0.717, 1.165) is 25.3 Å². The Hall–Kier alpha value is -1.35. The highest BCUT2D eigenvalue weighted by atomic mass is 16.5. The molecule has 2 aromatic heterocycles. The van der Waals surface area contributed by atoms with Crippen LogP contribution in [0.1, 0.15) is 17.8 Å². The van der Waals surface area contributed by atoms with Crippen molar-refractivity contribution < 1.29 is 4.74 Å². The van der Waals surface area contributed by atoms with Crippen LogP contribution in [0.3, 0.4) is 0 Å². The minimum absolute atomic E-state index is 0.658. The fraction of sp³-hybridized carbons (Fsp3) is 0.462. The van der Waals surface area contributed by atoms with Gasteiger partial charge in [0.15, 0.2) is 0 Å². The Labute approximate surface area is 95.1 Å². The van der Waals surface area contributed by atoms with Gasteiger partial charge in [0.1, 0.15) is 5.65 Å². The predicted octanol–water partition coefficient (Wildman–Crippen LogP) is 2.22. The van der Waals surface area contributed by atoms with Gasteiger partial charge in [-0.3, -0.25) is 0 Å². The summed E-state index contributed by atoms with van der Waals surface area (Å²) in [7, 11) is 0. The quantitative estimate of drug-likeness (QED) is 0.769. The molecule has 1 unspecified atom stereocenters. The van der Waals surface area contributed by atoms with Crippen molar-refractivity contribution in [2.75, 3.05) is 13.2 Å². The number of ether oxygens (including phenoxy) is 1. The van der Waals surface area contributed by atoms with Crippen LogP contribution in [-0.2, 0) is 11.2 Å². The standard InChI is InChI=1S/C13H16N2O/c1-10-3-2-4-13-14-12(8-15(10)13)7-11-5-6-16-9-11/h2-4,8,11H,5-7,9H2,1H3. The molecule has 0 radical (unpaired) electrons. The molecule has 84 valence electrons. The summed E-state index contributed by atoms with van der Waals surface area (Å²) in [6.45, 7) is 3.92. The highest BCUT2D eigenvalue weighted by Crippen LogP contribution is 2.18. The van der Waals surface area contributed by atoms with Crippen LogP contribution in [0.4, 0.5) is 0 Å². The molecule has 1 fully saturated rings. The first-order valence-corrected chi connectivity index (χ1v) is 5.84. The van der Waals surface area contributed by atoms with Gasteiger partial charge >= 0.3 is 0 Å². The Balaban J connectivity index is 1.90. The Morgan fingerprint density at radius 2 is 2.44 bits per heavy atom. The average Bonchev–Trinajstić information content (AvgIpc) is 2.88. The summed E-state index contributed by atoms with van der Waals surface area (Å²) in [5.41, 5.74) is 3.47. The fourth-order valence-electron chi connectivity index (χ4n) is 2.34. The Bertz CT molecular complexity index is 498. The second-order valence-corrected chi connectivity index (χ2v) is 4.56. The van der Waals surface area contributed by atoms with E-state index in [4.69, 9.17) is 4.74 Å². The topological polar surface area (TPSA) is 26.5 Å². The predicted molar refractivity (Wildman–Crippen MR) is 62.6 cm³/mol. The van der Waals surface area contributed by atoms with Crippen LogP contribution in [0.2, 0.25) is 0 Å². The number of hydrogen-bond acceptors (Lipinski definition) is 2. The van der Waals surface area contributed by atoms with Gasteiger partial charge in [0.25, 0.3) is 0 Å². The van der Waals surface area contributed by atoms with E-state index in [-0.39, 0.29) is 0 Å². The van der Waals surface area contributed by atoms with Crippen molar-refractivity contribution in [3.8, 4) is 0 Å². The molecule has 1 saturated heterocycles. The van der Waals surface area contributed by atoms with Gasteiger partial charge in [0.2, 0.25) is 0 Å². The molecule has 3 heteroatoms. The van der Waals surface area contributed by atoms with E-state index in [9.17, 15) is 0 Å². The number of imidazole rings is 1. The zero-order valence-corrected chi connectivity index (χ0v) is 9.52. The summed E-state index contributed by atoms with van der Waals surface area (Å²) in [6.07, 6.45) is 4.37. The molecule has 0 aliphatic carbocycles. The van der Waals surface area contributed by atoms with Gasteiger partial charge in [0.05, 0.1) is 5.69 Å². The van der Waals surface area contributed by atoms with Crippen LogP contribution in [-0.4, -0.2) is 22.6 Å². The van der Waals surface area contributed by atoms with E-state index in [2.05, 4.69) is 40.7 Å². The van der Waals surface area contributed by atoms with Gasteiger partial charge in [-0.15, -0.1) is 0 Å². The Morgan fingerprint density at radius 1 is 1.50 bits per heavy atom. The number of aromatic nitrogens is 2. The number of rotatable bonds is 2. The lowest BCUT2D eigenvalue weighted by atomic mass is 10.0. The lowest BCUT2D eigenvalue weighted by molar-refractivity contribution is 0.185.